The number of hydrogen-bond acceptors (Lipinski definition) is 8. The minimum atomic E-state index is -0.342. The third-order valence-corrected chi connectivity index (χ3v) is 7.93. The minimum Gasteiger partial charge on any atom is -0.497 e. The van der Waals surface area contributed by atoms with Crippen LogP contribution in [0.5, 0.6) is 5.75 Å². The second-order valence-corrected chi connectivity index (χ2v) is 10.9. The highest BCUT2D eigenvalue weighted by molar-refractivity contribution is 8.00. The molecule has 1 aliphatic rings. The summed E-state index contributed by atoms with van der Waals surface area (Å²) in [6, 6.07) is 9.42. The van der Waals surface area contributed by atoms with Crippen molar-refractivity contribution in [1.82, 2.24) is 15.0 Å². The lowest BCUT2D eigenvalue weighted by atomic mass is 9.95. The average Bonchev–Trinajstić information content (AvgIpc) is 3.16. The van der Waals surface area contributed by atoms with Gasteiger partial charge >= 0.3 is 0 Å². The molecule has 0 saturated heterocycles. The first-order valence-electron chi connectivity index (χ1n) is 10.6. The Hall–Kier alpha value is -2.75. The predicted octanol–water partition coefficient (Wildman–Crippen LogP) is 5.22. The maximum atomic E-state index is 12.8. The van der Waals surface area contributed by atoms with Gasteiger partial charge in [-0.25, -0.2) is 15.0 Å². The van der Waals surface area contributed by atoms with Gasteiger partial charge < -0.3 is 14.8 Å². The number of hydrogen-bond donors (Lipinski definition) is 1. The highest BCUT2D eigenvalue weighted by Gasteiger charge is 2.28. The van der Waals surface area contributed by atoms with E-state index in [9.17, 15) is 4.79 Å². The fourth-order valence-corrected chi connectivity index (χ4v) is 5.88. The molecule has 1 atom stereocenters. The largest absolute Gasteiger partial charge is 0.497 e. The van der Waals surface area contributed by atoms with Crippen molar-refractivity contribution in [3.05, 3.63) is 47.9 Å². The van der Waals surface area contributed by atoms with Crippen molar-refractivity contribution in [2.45, 2.75) is 49.7 Å². The summed E-state index contributed by atoms with van der Waals surface area (Å²) in [7, 11) is 1.61. The van der Waals surface area contributed by atoms with Gasteiger partial charge in [-0.2, -0.15) is 0 Å². The molecule has 0 spiro atoms. The molecule has 4 aromatic rings. The molecule has 170 valence electrons. The standard InChI is InChI=1S/C24H24N4O3S2/c1-13(21(29)27-15-5-7-16(30-4)8-6-15)32-23-20-19(25-12-26-23)17-9-14-11-31-24(2,3)10-18(14)28-22(17)33-20/h5-9,12-13H,10-11H2,1-4H3,(H,27,29)/t13-/m0/s1. The first-order valence-corrected chi connectivity index (χ1v) is 12.3. The van der Waals surface area contributed by atoms with Gasteiger partial charge in [0, 0.05) is 23.1 Å². The Morgan fingerprint density at radius 2 is 2.06 bits per heavy atom. The molecule has 1 aromatic carbocycles. The molecule has 9 heteroatoms. The van der Waals surface area contributed by atoms with E-state index in [1.165, 1.54) is 11.8 Å². The third-order valence-electron chi connectivity index (χ3n) is 5.61. The van der Waals surface area contributed by atoms with Crippen molar-refractivity contribution < 1.29 is 14.3 Å². The van der Waals surface area contributed by atoms with Gasteiger partial charge in [-0.05, 0) is 51.1 Å². The van der Waals surface area contributed by atoms with Gasteiger partial charge in [0.15, 0.2) is 0 Å². The number of nitrogens with one attached hydrogen (secondary N) is 1. The number of aromatic nitrogens is 3. The Balaban J connectivity index is 1.41. The third kappa shape index (κ3) is 4.40. The predicted molar refractivity (Wildman–Crippen MR) is 132 cm³/mol. The number of ether oxygens (including phenoxy) is 2. The summed E-state index contributed by atoms with van der Waals surface area (Å²) in [5, 5.41) is 4.41. The van der Waals surface area contributed by atoms with Crippen LogP contribution in [0.1, 0.15) is 32.0 Å². The molecule has 0 radical (unpaired) electrons. The number of pyridine rings is 1. The number of rotatable bonds is 5. The summed E-state index contributed by atoms with van der Waals surface area (Å²) in [4.78, 5) is 27.7. The minimum absolute atomic E-state index is 0.0917. The van der Waals surface area contributed by atoms with Crippen LogP contribution in [0, 0.1) is 0 Å². The Morgan fingerprint density at radius 1 is 1.27 bits per heavy atom. The maximum absolute atomic E-state index is 12.8. The molecule has 0 unspecified atom stereocenters. The highest BCUT2D eigenvalue weighted by atomic mass is 32.2. The Morgan fingerprint density at radius 3 is 2.82 bits per heavy atom. The lowest BCUT2D eigenvalue weighted by Crippen LogP contribution is -2.32. The SMILES string of the molecule is COc1ccc(NC(=O)[C@H](C)Sc2ncnc3c2sc2nc4c(cc23)COC(C)(C)C4)cc1. The van der Waals surface area contributed by atoms with Crippen LogP contribution < -0.4 is 10.1 Å². The first-order chi connectivity index (χ1) is 15.8. The van der Waals surface area contributed by atoms with E-state index in [0.717, 1.165) is 54.6 Å². The number of carbonyl (C=O) groups is 1. The number of nitrogens with zero attached hydrogens (tertiary/aromatic N) is 3. The number of benzene rings is 1. The highest BCUT2D eigenvalue weighted by Crippen LogP contribution is 2.39. The molecule has 4 heterocycles. The lowest BCUT2D eigenvalue weighted by Gasteiger charge is -2.30. The summed E-state index contributed by atoms with van der Waals surface area (Å²) in [5.74, 6) is 0.653. The number of thiophene rings is 1. The summed E-state index contributed by atoms with van der Waals surface area (Å²) >= 11 is 3.01. The molecule has 0 bridgehead atoms. The van der Waals surface area contributed by atoms with Crippen molar-refractivity contribution in [1.29, 1.82) is 0 Å². The zero-order valence-electron chi connectivity index (χ0n) is 18.8. The molecule has 1 aliphatic heterocycles. The number of thioether (sulfide) groups is 1. The van der Waals surface area contributed by atoms with E-state index in [4.69, 9.17) is 14.5 Å². The van der Waals surface area contributed by atoms with Crippen LogP contribution in [0.25, 0.3) is 20.4 Å². The summed E-state index contributed by atoms with van der Waals surface area (Å²) < 4.78 is 12.1. The molecular formula is C24H24N4O3S2. The molecule has 5 rings (SSSR count). The van der Waals surface area contributed by atoms with E-state index in [1.807, 2.05) is 31.2 Å². The quantitative estimate of drug-likeness (QED) is 0.310. The number of carbonyl (C=O) groups excluding carboxylic acids is 1. The van der Waals surface area contributed by atoms with Crippen LogP contribution >= 0.6 is 23.1 Å². The monoisotopic (exact) mass is 480 g/mol. The zero-order valence-corrected chi connectivity index (χ0v) is 20.5. The number of anilines is 1. The van der Waals surface area contributed by atoms with Crippen LogP contribution in [0.2, 0.25) is 0 Å². The van der Waals surface area contributed by atoms with Gasteiger partial charge in [0.05, 0.1) is 40.5 Å². The maximum Gasteiger partial charge on any atom is 0.237 e. The Kier molecular flexibility index (Phi) is 5.72. The number of methoxy groups -OCH3 is 1. The van der Waals surface area contributed by atoms with Crippen molar-refractivity contribution in [2.24, 2.45) is 0 Å². The molecule has 7 nitrogen and oxygen atoms in total. The molecular weight excluding hydrogens is 456 g/mol. The molecule has 0 saturated carbocycles. The van der Waals surface area contributed by atoms with Gasteiger partial charge in [-0.3, -0.25) is 4.79 Å². The molecule has 1 amide bonds. The van der Waals surface area contributed by atoms with Crippen LogP contribution in [0.3, 0.4) is 0 Å². The fraction of sp³-hybridized carbons (Fsp3) is 0.333. The number of amides is 1. The number of fused-ring (bicyclic) bond motifs is 4. The normalized spacial score (nSPS) is 15.9. The van der Waals surface area contributed by atoms with E-state index in [1.54, 1.807) is 24.8 Å². The average molecular weight is 481 g/mol. The van der Waals surface area contributed by atoms with Gasteiger partial charge in [0.2, 0.25) is 5.91 Å². The summed E-state index contributed by atoms with van der Waals surface area (Å²) in [6.07, 6.45) is 2.34. The van der Waals surface area contributed by atoms with Crippen LogP contribution in [-0.4, -0.2) is 38.8 Å². The molecule has 33 heavy (non-hydrogen) atoms. The smallest absolute Gasteiger partial charge is 0.237 e. The van der Waals surface area contributed by atoms with E-state index >= 15 is 0 Å². The van der Waals surface area contributed by atoms with Gasteiger partial charge in [-0.15, -0.1) is 11.3 Å². The van der Waals surface area contributed by atoms with Crippen LogP contribution in [0.15, 0.2) is 41.7 Å². The van der Waals surface area contributed by atoms with E-state index in [-0.39, 0.29) is 16.8 Å². The Bertz CT molecular complexity index is 1350. The van der Waals surface area contributed by atoms with Gasteiger partial charge in [0.25, 0.3) is 0 Å². The fourth-order valence-electron chi connectivity index (χ4n) is 3.79. The van der Waals surface area contributed by atoms with E-state index in [2.05, 4.69) is 35.2 Å². The van der Waals surface area contributed by atoms with E-state index in [0.29, 0.717) is 6.61 Å². The van der Waals surface area contributed by atoms with Crippen molar-refractivity contribution in [2.75, 3.05) is 12.4 Å². The molecule has 0 aliphatic carbocycles. The van der Waals surface area contributed by atoms with Crippen LogP contribution in [0.4, 0.5) is 5.69 Å². The van der Waals surface area contributed by atoms with E-state index < -0.39 is 0 Å². The molecule has 3 aromatic heterocycles. The van der Waals surface area contributed by atoms with Crippen molar-refractivity contribution in [3.63, 3.8) is 0 Å². The lowest BCUT2D eigenvalue weighted by molar-refractivity contribution is -0.115. The van der Waals surface area contributed by atoms with Crippen molar-refractivity contribution >= 4 is 55.1 Å². The zero-order chi connectivity index (χ0) is 23.2. The topological polar surface area (TPSA) is 86.2 Å². The molecule has 1 N–H and O–H groups in total. The van der Waals surface area contributed by atoms with Gasteiger partial charge in [0.1, 0.15) is 21.9 Å². The summed E-state index contributed by atoms with van der Waals surface area (Å²) in [6.45, 7) is 6.61. The van der Waals surface area contributed by atoms with Crippen LogP contribution in [-0.2, 0) is 22.6 Å². The Labute approximate surface area is 199 Å². The van der Waals surface area contributed by atoms with Crippen molar-refractivity contribution in [3.8, 4) is 5.75 Å². The summed E-state index contributed by atoms with van der Waals surface area (Å²) in [5.41, 5.74) is 3.58. The second kappa shape index (κ2) is 8.55. The second-order valence-electron chi connectivity index (χ2n) is 8.61. The first kappa shape index (κ1) is 22.1. The van der Waals surface area contributed by atoms with Gasteiger partial charge in [-0.1, -0.05) is 11.8 Å². The molecule has 0 fully saturated rings.